The van der Waals surface area contributed by atoms with Crippen LogP contribution < -0.4 is 19.7 Å². The van der Waals surface area contributed by atoms with Crippen molar-refractivity contribution < 1.29 is 27.4 Å². The lowest BCUT2D eigenvalue weighted by atomic mass is 9.94. The maximum absolute atomic E-state index is 13.1. The van der Waals surface area contributed by atoms with Crippen LogP contribution in [-0.4, -0.2) is 37.2 Å². The van der Waals surface area contributed by atoms with Gasteiger partial charge in [-0.05, 0) is 55.4 Å². The number of pyridine rings is 1. The van der Waals surface area contributed by atoms with E-state index < -0.39 is 11.7 Å². The summed E-state index contributed by atoms with van der Waals surface area (Å²) in [5, 5.41) is 3.20. The van der Waals surface area contributed by atoms with E-state index in [4.69, 9.17) is 21.1 Å². The van der Waals surface area contributed by atoms with Gasteiger partial charge in [0.05, 0.1) is 16.6 Å². The Kier molecular flexibility index (Phi) is 6.22. The van der Waals surface area contributed by atoms with E-state index in [9.17, 15) is 18.0 Å². The predicted molar refractivity (Wildman–Crippen MR) is 120 cm³/mol. The molecule has 3 heterocycles. The molecule has 10 heteroatoms. The van der Waals surface area contributed by atoms with Gasteiger partial charge >= 0.3 is 6.18 Å². The number of anilines is 1. The molecule has 0 radical (unpaired) electrons. The zero-order chi connectivity index (χ0) is 23.9. The van der Waals surface area contributed by atoms with E-state index in [0.717, 1.165) is 36.4 Å². The summed E-state index contributed by atoms with van der Waals surface area (Å²) in [6.45, 7) is 2.02. The van der Waals surface area contributed by atoms with Crippen LogP contribution in [0, 0.1) is 11.8 Å². The lowest BCUT2D eigenvalue weighted by Crippen LogP contribution is -2.42. The summed E-state index contributed by atoms with van der Waals surface area (Å²) in [5.74, 6) is 1.97. The molecule has 1 aliphatic carbocycles. The number of nitrogens with zero attached hydrogens (tertiary/aromatic N) is 2. The number of halogens is 4. The average Bonchev–Trinajstić information content (AvgIpc) is 3.67. The van der Waals surface area contributed by atoms with Gasteiger partial charge in [0.25, 0.3) is 0 Å². The van der Waals surface area contributed by atoms with E-state index in [1.165, 1.54) is 0 Å². The summed E-state index contributed by atoms with van der Waals surface area (Å²) in [5.41, 5.74) is 0.138. The second kappa shape index (κ2) is 9.17. The van der Waals surface area contributed by atoms with Gasteiger partial charge in [0.2, 0.25) is 5.91 Å². The fraction of sp³-hybridized carbons (Fsp3) is 0.500. The van der Waals surface area contributed by atoms with Gasteiger partial charge in [0.15, 0.2) is 11.5 Å². The highest BCUT2D eigenvalue weighted by Gasteiger charge is 2.37. The lowest BCUT2D eigenvalue weighted by Gasteiger charge is -2.33. The van der Waals surface area contributed by atoms with Gasteiger partial charge < -0.3 is 19.7 Å². The molecule has 1 amide bonds. The molecule has 34 heavy (non-hydrogen) atoms. The molecule has 6 nitrogen and oxygen atoms in total. The maximum Gasteiger partial charge on any atom is 0.417 e. The number of piperidine rings is 1. The zero-order valence-corrected chi connectivity index (χ0v) is 19.2. The Hall–Kier alpha value is -2.68. The van der Waals surface area contributed by atoms with Crippen LogP contribution in [0.5, 0.6) is 11.5 Å². The summed E-state index contributed by atoms with van der Waals surface area (Å²) in [4.78, 5) is 18.9. The number of alkyl halides is 3. The highest BCUT2D eigenvalue weighted by atomic mass is 35.5. The molecule has 182 valence electrons. The van der Waals surface area contributed by atoms with Crippen molar-refractivity contribution in [2.75, 3.05) is 31.2 Å². The molecule has 3 aliphatic rings. The average molecular weight is 496 g/mol. The Morgan fingerprint density at radius 2 is 1.79 bits per heavy atom. The van der Waals surface area contributed by atoms with Crippen LogP contribution >= 0.6 is 11.6 Å². The van der Waals surface area contributed by atoms with E-state index in [2.05, 4.69) is 10.3 Å². The molecule has 1 saturated carbocycles. The predicted octanol–water partition coefficient (Wildman–Crippen LogP) is 5.01. The maximum atomic E-state index is 13.1. The van der Waals surface area contributed by atoms with E-state index >= 15 is 0 Å². The van der Waals surface area contributed by atoms with Gasteiger partial charge in [0.1, 0.15) is 19.0 Å². The second-order valence-electron chi connectivity index (χ2n) is 9.02. The number of amides is 1. The number of carbonyl (C=O) groups excluding carboxylic acids is 1. The minimum absolute atomic E-state index is 0.00193. The normalized spacial score (nSPS) is 19.6. The van der Waals surface area contributed by atoms with Crippen molar-refractivity contribution in [2.45, 2.75) is 37.9 Å². The van der Waals surface area contributed by atoms with Crippen molar-refractivity contribution in [1.82, 2.24) is 10.3 Å². The van der Waals surface area contributed by atoms with Crippen LogP contribution in [0.2, 0.25) is 5.02 Å². The van der Waals surface area contributed by atoms with Gasteiger partial charge in [-0.3, -0.25) is 4.79 Å². The zero-order valence-electron chi connectivity index (χ0n) is 18.4. The molecule has 1 atom stereocenters. The number of rotatable bonds is 5. The van der Waals surface area contributed by atoms with Crippen molar-refractivity contribution in [1.29, 1.82) is 0 Å². The Balaban J connectivity index is 1.22. The summed E-state index contributed by atoms with van der Waals surface area (Å²) < 4.78 is 50.0. The first kappa shape index (κ1) is 23.1. The van der Waals surface area contributed by atoms with Crippen molar-refractivity contribution in [3.8, 4) is 11.5 Å². The van der Waals surface area contributed by atoms with Crippen molar-refractivity contribution >= 4 is 23.3 Å². The quantitative estimate of drug-likeness (QED) is 0.632. The van der Waals surface area contributed by atoms with Crippen molar-refractivity contribution in [2.24, 2.45) is 11.8 Å². The number of benzene rings is 1. The minimum atomic E-state index is -4.49. The summed E-state index contributed by atoms with van der Waals surface area (Å²) >= 11 is 6.09. The smallest absolute Gasteiger partial charge is 0.417 e. The Morgan fingerprint density at radius 1 is 1.09 bits per heavy atom. The van der Waals surface area contributed by atoms with Crippen LogP contribution in [0.15, 0.2) is 30.5 Å². The number of aromatic nitrogens is 1. The molecule has 1 aromatic carbocycles. The highest BCUT2D eigenvalue weighted by Crippen LogP contribution is 2.43. The van der Waals surface area contributed by atoms with Gasteiger partial charge in [0, 0.05) is 25.2 Å². The second-order valence-corrected chi connectivity index (χ2v) is 9.42. The fourth-order valence-corrected chi connectivity index (χ4v) is 4.89. The van der Waals surface area contributed by atoms with E-state index in [0.29, 0.717) is 56.6 Å². The van der Waals surface area contributed by atoms with Crippen LogP contribution in [0.4, 0.5) is 19.0 Å². The lowest BCUT2D eigenvalue weighted by molar-refractivity contribution is -0.137. The topological polar surface area (TPSA) is 63.7 Å². The number of hydrogen-bond donors (Lipinski definition) is 1. The summed E-state index contributed by atoms with van der Waals surface area (Å²) in [6.07, 6.45) is -0.415. The molecular weight excluding hydrogens is 471 g/mol. The molecule has 1 aromatic heterocycles. The van der Waals surface area contributed by atoms with Gasteiger partial charge in [-0.25, -0.2) is 4.98 Å². The molecule has 1 saturated heterocycles. The molecular formula is C24H25ClF3N3O3. The minimum Gasteiger partial charge on any atom is -0.486 e. The highest BCUT2D eigenvalue weighted by molar-refractivity contribution is 6.33. The number of ether oxygens (including phenoxy) is 2. The van der Waals surface area contributed by atoms with Gasteiger partial charge in [-0.15, -0.1) is 0 Å². The van der Waals surface area contributed by atoms with Crippen molar-refractivity contribution in [3.63, 3.8) is 0 Å². The van der Waals surface area contributed by atoms with Crippen LogP contribution in [-0.2, 0) is 11.0 Å². The molecule has 0 bridgehead atoms. The third-order valence-corrected chi connectivity index (χ3v) is 6.91. The standard InChI is InChI=1S/C24H25ClF3N3O3/c25-18-12-17(24(26,27)28)13-29-22(18)31-7-5-15(6-8-31)23(32)30-21(14-1-2-14)16-3-4-19-20(11-16)34-10-9-33-19/h3-4,11-15,21H,1-2,5-10H2,(H,30,32). The largest absolute Gasteiger partial charge is 0.486 e. The van der Waals surface area contributed by atoms with E-state index in [1.807, 2.05) is 23.1 Å². The molecule has 0 spiro atoms. The Bertz CT molecular complexity index is 1070. The Labute approximate surface area is 200 Å². The molecule has 2 aliphatic heterocycles. The third kappa shape index (κ3) is 4.89. The summed E-state index contributed by atoms with van der Waals surface area (Å²) in [6, 6.07) is 6.66. The number of fused-ring (bicyclic) bond motifs is 1. The molecule has 5 rings (SSSR count). The number of nitrogens with one attached hydrogen (secondary N) is 1. The molecule has 2 aromatic rings. The van der Waals surface area contributed by atoms with Crippen LogP contribution in [0.25, 0.3) is 0 Å². The van der Waals surface area contributed by atoms with E-state index in [-0.39, 0.29) is 22.9 Å². The van der Waals surface area contributed by atoms with Gasteiger partial charge in [-0.1, -0.05) is 17.7 Å². The van der Waals surface area contributed by atoms with Gasteiger partial charge in [-0.2, -0.15) is 13.2 Å². The molecule has 1 N–H and O–H groups in total. The first-order chi connectivity index (χ1) is 16.3. The van der Waals surface area contributed by atoms with Crippen LogP contribution in [0.3, 0.4) is 0 Å². The number of hydrogen-bond acceptors (Lipinski definition) is 5. The fourth-order valence-electron chi connectivity index (χ4n) is 4.60. The number of carbonyl (C=O) groups is 1. The first-order valence-corrected chi connectivity index (χ1v) is 11.8. The SMILES string of the molecule is O=C(NC(c1ccc2c(c1)OCCO2)C1CC1)C1CCN(c2ncc(C(F)(F)F)cc2Cl)CC1. The monoisotopic (exact) mass is 495 g/mol. The molecule has 1 unspecified atom stereocenters. The third-order valence-electron chi connectivity index (χ3n) is 6.63. The molecule has 2 fully saturated rings. The van der Waals surface area contributed by atoms with Crippen molar-refractivity contribution in [3.05, 3.63) is 46.6 Å². The van der Waals surface area contributed by atoms with Crippen LogP contribution in [0.1, 0.15) is 42.9 Å². The first-order valence-electron chi connectivity index (χ1n) is 11.5. The summed E-state index contributed by atoms with van der Waals surface area (Å²) in [7, 11) is 0. The Morgan fingerprint density at radius 3 is 2.44 bits per heavy atom. The van der Waals surface area contributed by atoms with E-state index in [1.54, 1.807) is 0 Å².